The summed E-state index contributed by atoms with van der Waals surface area (Å²) in [6, 6.07) is 1.73. The van der Waals surface area contributed by atoms with Crippen LogP contribution in [0, 0.1) is 5.92 Å². The molecule has 1 aliphatic heterocycles. The lowest BCUT2D eigenvalue weighted by atomic mass is 9.99. The van der Waals surface area contributed by atoms with E-state index in [0.29, 0.717) is 32.5 Å². The first-order chi connectivity index (χ1) is 9.58. The smallest absolute Gasteiger partial charge is 0.317 e. The number of carboxylic acids is 1. The summed E-state index contributed by atoms with van der Waals surface area (Å²) in [6.45, 7) is 1.45. The van der Waals surface area contributed by atoms with Crippen LogP contribution in [0.1, 0.15) is 18.5 Å². The maximum atomic E-state index is 12.0. The predicted octanol–water partition coefficient (Wildman–Crippen LogP) is 0.469. The monoisotopic (exact) mass is 280 g/mol. The minimum atomic E-state index is -0.822. The summed E-state index contributed by atoms with van der Waals surface area (Å²) in [6.07, 6.45) is 3.82. The third-order valence-corrected chi connectivity index (χ3v) is 3.64. The Kier molecular flexibility index (Phi) is 4.60. The molecule has 2 amide bonds. The number of amides is 2. The number of hydrogen-bond acceptors (Lipinski definition) is 3. The molecule has 0 aromatic carbocycles. The van der Waals surface area contributed by atoms with Gasteiger partial charge in [0.1, 0.15) is 0 Å². The number of hydrogen-bond donors (Lipinski definition) is 2. The van der Waals surface area contributed by atoms with Gasteiger partial charge in [-0.15, -0.1) is 0 Å². The number of likely N-dealkylation sites (tertiary alicyclic amines) is 1. The maximum Gasteiger partial charge on any atom is 0.317 e. The van der Waals surface area contributed by atoms with Crippen LogP contribution in [-0.2, 0) is 18.3 Å². The minimum absolute atomic E-state index is 0.182. The fourth-order valence-electron chi connectivity index (χ4n) is 2.42. The van der Waals surface area contributed by atoms with Crippen molar-refractivity contribution in [3.8, 4) is 0 Å². The Bertz CT molecular complexity index is 486. The van der Waals surface area contributed by atoms with Gasteiger partial charge in [-0.3, -0.25) is 9.48 Å². The Hall–Kier alpha value is -2.05. The van der Waals surface area contributed by atoms with Crippen LogP contribution in [0.25, 0.3) is 0 Å². The Labute approximate surface area is 117 Å². The van der Waals surface area contributed by atoms with E-state index in [0.717, 1.165) is 12.1 Å². The minimum Gasteiger partial charge on any atom is -0.481 e. The van der Waals surface area contributed by atoms with E-state index in [1.54, 1.807) is 15.8 Å². The van der Waals surface area contributed by atoms with Gasteiger partial charge in [-0.25, -0.2) is 4.79 Å². The van der Waals surface area contributed by atoms with Gasteiger partial charge in [-0.05, 0) is 18.9 Å². The largest absolute Gasteiger partial charge is 0.481 e. The van der Waals surface area contributed by atoms with Crippen LogP contribution >= 0.6 is 0 Å². The molecular weight excluding hydrogens is 260 g/mol. The Morgan fingerprint density at radius 1 is 1.55 bits per heavy atom. The molecule has 2 N–H and O–H groups in total. The van der Waals surface area contributed by atoms with Crippen molar-refractivity contribution in [2.45, 2.75) is 19.3 Å². The van der Waals surface area contributed by atoms with E-state index in [4.69, 9.17) is 5.11 Å². The number of nitrogens with one attached hydrogen (secondary N) is 1. The zero-order chi connectivity index (χ0) is 14.5. The lowest BCUT2D eigenvalue weighted by molar-refractivity contribution is -0.143. The van der Waals surface area contributed by atoms with Gasteiger partial charge in [0.25, 0.3) is 0 Å². The first kappa shape index (κ1) is 14.4. The molecule has 20 heavy (non-hydrogen) atoms. The van der Waals surface area contributed by atoms with Gasteiger partial charge in [0.05, 0.1) is 5.92 Å². The van der Waals surface area contributed by atoms with E-state index in [-0.39, 0.29) is 6.03 Å². The van der Waals surface area contributed by atoms with Crippen molar-refractivity contribution < 1.29 is 14.7 Å². The average Bonchev–Trinajstić information content (AvgIpc) is 2.84. The first-order valence-corrected chi connectivity index (χ1v) is 6.80. The van der Waals surface area contributed by atoms with Gasteiger partial charge in [-0.1, -0.05) is 0 Å². The second-order valence-corrected chi connectivity index (χ2v) is 5.05. The second kappa shape index (κ2) is 6.40. The van der Waals surface area contributed by atoms with Crippen molar-refractivity contribution in [3.05, 3.63) is 18.0 Å². The van der Waals surface area contributed by atoms with E-state index in [9.17, 15) is 9.59 Å². The first-order valence-electron chi connectivity index (χ1n) is 6.80. The topological polar surface area (TPSA) is 87.5 Å². The molecule has 7 heteroatoms. The summed E-state index contributed by atoms with van der Waals surface area (Å²) < 4.78 is 1.77. The Morgan fingerprint density at radius 3 is 3.00 bits per heavy atom. The molecule has 1 unspecified atom stereocenters. The van der Waals surface area contributed by atoms with Crippen LogP contribution in [0.3, 0.4) is 0 Å². The van der Waals surface area contributed by atoms with Gasteiger partial charge in [-0.2, -0.15) is 5.10 Å². The number of urea groups is 1. The number of piperidine rings is 1. The second-order valence-electron chi connectivity index (χ2n) is 5.05. The van der Waals surface area contributed by atoms with E-state index < -0.39 is 11.9 Å². The normalized spacial score (nSPS) is 18.9. The molecule has 1 aromatic rings. The lowest BCUT2D eigenvalue weighted by Crippen LogP contribution is -2.47. The average molecular weight is 280 g/mol. The summed E-state index contributed by atoms with van der Waals surface area (Å²) in [5, 5.41) is 15.9. The van der Waals surface area contributed by atoms with E-state index >= 15 is 0 Å². The predicted molar refractivity (Wildman–Crippen MR) is 72.2 cm³/mol. The summed E-state index contributed by atoms with van der Waals surface area (Å²) in [5.41, 5.74) is 1.05. The number of aromatic nitrogens is 2. The maximum absolute atomic E-state index is 12.0. The van der Waals surface area contributed by atoms with E-state index in [2.05, 4.69) is 10.4 Å². The van der Waals surface area contributed by atoms with Crippen LogP contribution in [0.2, 0.25) is 0 Å². The molecule has 1 aromatic heterocycles. The van der Waals surface area contributed by atoms with Crippen LogP contribution < -0.4 is 5.32 Å². The van der Waals surface area contributed by atoms with Crippen LogP contribution in [0.4, 0.5) is 4.79 Å². The quantitative estimate of drug-likeness (QED) is 0.839. The van der Waals surface area contributed by atoms with Gasteiger partial charge in [0, 0.05) is 45.0 Å². The fraction of sp³-hybridized carbons (Fsp3) is 0.615. The van der Waals surface area contributed by atoms with Gasteiger partial charge in [0.2, 0.25) is 0 Å². The van der Waals surface area contributed by atoms with Gasteiger partial charge < -0.3 is 15.3 Å². The van der Waals surface area contributed by atoms with Crippen molar-refractivity contribution >= 4 is 12.0 Å². The standard InChI is InChI=1S/C13H20N4O3/c1-16-11(5-7-15-16)4-6-14-13(20)17-8-2-3-10(9-17)12(18)19/h5,7,10H,2-4,6,8-9H2,1H3,(H,14,20)(H,18,19). The van der Waals surface area contributed by atoms with Crippen molar-refractivity contribution in [2.24, 2.45) is 13.0 Å². The molecule has 0 saturated carbocycles. The lowest BCUT2D eigenvalue weighted by Gasteiger charge is -2.30. The van der Waals surface area contributed by atoms with Crippen molar-refractivity contribution in [3.63, 3.8) is 0 Å². The van der Waals surface area contributed by atoms with E-state index in [1.165, 1.54) is 0 Å². The SMILES string of the molecule is Cn1nccc1CCNC(=O)N1CCCC(C(=O)O)C1. The van der Waals surface area contributed by atoms with Crippen LogP contribution in [-0.4, -0.2) is 51.4 Å². The highest BCUT2D eigenvalue weighted by atomic mass is 16.4. The summed E-state index contributed by atoms with van der Waals surface area (Å²) in [4.78, 5) is 24.5. The zero-order valence-corrected chi connectivity index (χ0v) is 11.6. The number of aryl methyl sites for hydroxylation is 1. The van der Waals surface area contributed by atoms with Crippen LogP contribution in [0.5, 0.6) is 0 Å². The van der Waals surface area contributed by atoms with Gasteiger partial charge >= 0.3 is 12.0 Å². The number of carbonyl (C=O) groups excluding carboxylic acids is 1. The molecule has 0 radical (unpaired) electrons. The van der Waals surface area contributed by atoms with Gasteiger partial charge in [0.15, 0.2) is 0 Å². The highest BCUT2D eigenvalue weighted by Gasteiger charge is 2.27. The summed E-state index contributed by atoms with van der Waals surface area (Å²) in [5.74, 6) is -1.26. The highest BCUT2D eigenvalue weighted by molar-refractivity contribution is 5.76. The summed E-state index contributed by atoms with van der Waals surface area (Å²) >= 11 is 0. The molecule has 1 fully saturated rings. The Balaban J connectivity index is 1.77. The third kappa shape index (κ3) is 3.49. The molecule has 0 aliphatic carbocycles. The molecule has 2 heterocycles. The zero-order valence-electron chi connectivity index (χ0n) is 11.6. The fourth-order valence-corrected chi connectivity index (χ4v) is 2.42. The summed E-state index contributed by atoms with van der Waals surface area (Å²) in [7, 11) is 1.86. The number of rotatable bonds is 4. The third-order valence-electron chi connectivity index (χ3n) is 3.64. The van der Waals surface area contributed by atoms with Crippen molar-refractivity contribution in [1.82, 2.24) is 20.0 Å². The van der Waals surface area contributed by atoms with Crippen LogP contribution in [0.15, 0.2) is 12.3 Å². The number of carbonyl (C=O) groups is 2. The molecule has 2 rings (SSSR count). The molecule has 110 valence electrons. The molecule has 0 spiro atoms. The molecule has 7 nitrogen and oxygen atoms in total. The van der Waals surface area contributed by atoms with Crippen molar-refractivity contribution in [1.29, 1.82) is 0 Å². The number of carboxylic acid groups (broad SMARTS) is 1. The molecule has 1 aliphatic rings. The van der Waals surface area contributed by atoms with E-state index in [1.807, 2.05) is 13.1 Å². The molecule has 0 bridgehead atoms. The molecule has 1 saturated heterocycles. The molecule has 1 atom stereocenters. The number of nitrogens with zero attached hydrogens (tertiary/aromatic N) is 3. The molecular formula is C13H20N4O3. The highest BCUT2D eigenvalue weighted by Crippen LogP contribution is 2.16. The number of aliphatic carboxylic acids is 1. The Morgan fingerprint density at radius 2 is 2.35 bits per heavy atom. The van der Waals surface area contributed by atoms with Crippen molar-refractivity contribution in [2.75, 3.05) is 19.6 Å².